The lowest BCUT2D eigenvalue weighted by atomic mass is 10.1. The van der Waals surface area contributed by atoms with Crippen molar-refractivity contribution < 1.29 is 133 Å². The molecule has 3 aromatic carbocycles. The molecule has 0 saturated carbocycles. The number of benzene rings is 3. The van der Waals surface area contributed by atoms with Crippen molar-refractivity contribution in [2.45, 2.75) is 171 Å². The minimum absolute atomic E-state index is 0.0401. The van der Waals surface area contributed by atoms with Crippen LogP contribution in [-0.4, -0.2) is 285 Å². The second-order valence-electron chi connectivity index (χ2n) is 30.8. The Labute approximate surface area is 657 Å². The SMILES string of the molecule is COC(=O)c1cc(OCc2cc(OCCOCCOCCOC(C)(C)C)c(OCCOCCOCCOC(C)(C)C)c(OCCOCCOCCOC(C)(C)C)c2)cc(OCc2cc(OCCOCCOCCOC(C)(C)C)c(OCCOCCOCCOC(C)(C)C)c(OCCOCCOCCOC(C)(C)C)c2)c1. The molecule has 0 atom stereocenters. The maximum Gasteiger partial charge on any atom is 0.338 e. The van der Waals surface area contributed by atoms with Gasteiger partial charge in [0.15, 0.2) is 23.0 Å². The Bertz CT molecular complexity index is 2510. The van der Waals surface area contributed by atoms with Crippen LogP contribution in [0.15, 0.2) is 42.5 Å². The molecule has 0 spiro atoms. The summed E-state index contributed by atoms with van der Waals surface area (Å²) in [4.78, 5) is 13.5. The van der Waals surface area contributed by atoms with Crippen LogP contribution in [0.3, 0.4) is 0 Å². The minimum atomic E-state index is -0.621. The maximum absolute atomic E-state index is 13.5. The van der Waals surface area contributed by atoms with Crippen molar-refractivity contribution in [2.75, 3.05) is 245 Å². The summed E-state index contributed by atoms with van der Waals surface area (Å²) in [5.41, 5.74) is -0.157. The molecule has 0 aliphatic rings. The van der Waals surface area contributed by atoms with E-state index in [1.807, 2.05) is 125 Å². The maximum atomic E-state index is 13.5. The largest absolute Gasteiger partial charge is 0.489 e. The van der Waals surface area contributed by atoms with Crippen molar-refractivity contribution >= 4 is 5.97 Å². The number of rotatable bonds is 67. The third kappa shape index (κ3) is 55.3. The van der Waals surface area contributed by atoms with Crippen LogP contribution in [-0.2, 0) is 103 Å². The summed E-state index contributed by atoms with van der Waals surface area (Å²) in [5, 5.41) is 0. The Morgan fingerprint density at radius 2 is 0.409 bits per heavy atom. The Morgan fingerprint density at radius 3 is 0.600 bits per heavy atom. The fourth-order valence-electron chi connectivity index (χ4n) is 9.07. The molecule has 0 radical (unpaired) electrons. The van der Waals surface area contributed by atoms with Gasteiger partial charge in [0.2, 0.25) is 11.5 Å². The van der Waals surface area contributed by atoms with Crippen molar-refractivity contribution in [1.82, 2.24) is 0 Å². The van der Waals surface area contributed by atoms with E-state index in [2.05, 4.69) is 0 Å². The highest BCUT2D eigenvalue weighted by Gasteiger charge is 2.22. The smallest absolute Gasteiger partial charge is 0.338 e. The molecule has 0 aromatic heterocycles. The molecule has 0 heterocycles. The lowest BCUT2D eigenvalue weighted by Gasteiger charge is -2.20. The van der Waals surface area contributed by atoms with Gasteiger partial charge in [-0.25, -0.2) is 4.79 Å². The number of hydrogen-bond donors (Lipinski definition) is 0. The van der Waals surface area contributed by atoms with E-state index in [0.29, 0.717) is 204 Å². The number of carbonyl (C=O) groups excluding carboxylic acids is 1. The van der Waals surface area contributed by atoms with Crippen LogP contribution < -0.4 is 37.9 Å². The van der Waals surface area contributed by atoms with Crippen molar-refractivity contribution in [3.05, 3.63) is 59.2 Å². The van der Waals surface area contributed by atoms with E-state index in [9.17, 15) is 4.79 Å². The highest BCUT2D eigenvalue weighted by atomic mass is 16.6. The normalized spacial score (nSPS) is 12.4. The molecule has 0 aliphatic carbocycles. The summed E-state index contributed by atoms with van der Waals surface area (Å²) in [6.07, 6.45) is 0. The monoisotopic (exact) mass is 1570 g/mol. The molecule has 0 fully saturated rings. The lowest BCUT2D eigenvalue weighted by Crippen LogP contribution is -2.22. The topological polar surface area (TPSA) is 266 Å². The molecule has 0 N–H and O–H groups in total. The van der Waals surface area contributed by atoms with Gasteiger partial charge in [-0.05, 0) is 172 Å². The Kier molecular flexibility index (Phi) is 51.3. The first-order chi connectivity index (χ1) is 52.3. The van der Waals surface area contributed by atoms with Crippen molar-refractivity contribution in [3.8, 4) is 46.0 Å². The van der Waals surface area contributed by atoms with Crippen molar-refractivity contribution in [1.29, 1.82) is 0 Å². The molecular formula is C82H140O28. The lowest BCUT2D eigenvalue weighted by molar-refractivity contribution is -0.0439. The predicted octanol–water partition coefficient (Wildman–Crippen LogP) is 12.0. The first-order valence-corrected chi connectivity index (χ1v) is 38.6. The van der Waals surface area contributed by atoms with E-state index >= 15 is 0 Å². The van der Waals surface area contributed by atoms with Gasteiger partial charge in [-0.1, -0.05) is 0 Å². The molecule has 0 unspecified atom stereocenters. The molecule has 0 aliphatic heterocycles. The number of hydrogen-bond acceptors (Lipinski definition) is 28. The zero-order valence-corrected chi connectivity index (χ0v) is 70.3. The molecule has 28 heteroatoms. The van der Waals surface area contributed by atoms with E-state index in [-0.39, 0.29) is 143 Å². The molecular weight excluding hydrogens is 1430 g/mol. The van der Waals surface area contributed by atoms with E-state index in [4.69, 9.17) is 128 Å². The summed E-state index contributed by atoms with van der Waals surface area (Å²) < 4.78 is 162. The number of methoxy groups -OCH3 is 1. The molecule has 110 heavy (non-hydrogen) atoms. The molecule has 636 valence electrons. The van der Waals surface area contributed by atoms with Crippen LogP contribution in [0.1, 0.15) is 146 Å². The number of ether oxygens (including phenoxy) is 27. The van der Waals surface area contributed by atoms with Gasteiger partial charge >= 0.3 is 5.97 Å². The number of carbonyl (C=O) groups is 1. The molecule has 3 aromatic rings. The molecule has 0 saturated heterocycles. The average Bonchev–Trinajstić information content (AvgIpc) is 0.824. The van der Waals surface area contributed by atoms with E-state index in [1.165, 1.54) is 7.11 Å². The summed E-state index contributed by atoms with van der Waals surface area (Å²) in [6.45, 7) is 47.8. The van der Waals surface area contributed by atoms with E-state index in [1.54, 1.807) is 42.5 Å². The Morgan fingerprint density at radius 1 is 0.227 bits per heavy atom. The van der Waals surface area contributed by atoms with Gasteiger partial charge in [-0.2, -0.15) is 0 Å². The summed E-state index contributed by atoms with van der Waals surface area (Å²) in [6, 6.07) is 12.0. The standard InChI is InChI=1S/C82H140O28/c1-77(2,3)105-50-38-91-26-20-85-32-44-97-70-56-65(57-71(98-45-33-86-21-27-92-39-51-106-78(4,5)6)74(70)101-48-36-89-24-30-95-42-54-109-81(13,14)15)63-103-68-60-67(76(83)84-19)61-69(62-68)104-64-66-58-72(99-46-34-87-22-28-93-40-52-107-79(7,8)9)75(102-49-37-90-25-31-96-43-55-110-82(16,17)18)73(59-66)100-47-35-88-23-29-94-41-53-108-80(10,11)12/h56-62H,20-55,63-64H2,1-19H3. The minimum Gasteiger partial charge on any atom is -0.489 e. The summed E-state index contributed by atoms with van der Waals surface area (Å²) in [7, 11) is 1.30. The third-order valence-corrected chi connectivity index (χ3v) is 14.0. The van der Waals surface area contributed by atoms with Crippen LogP contribution in [0, 0.1) is 0 Å². The first kappa shape index (κ1) is 99.0. The summed E-state index contributed by atoms with van der Waals surface area (Å²) >= 11 is 0. The van der Waals surface area contributed by atoms with Crippen LogP contribution in [0.4, 0.5) is 0 Å². The predicted molar refractivity (Wildman–Crippen MR) is 416 cm³/mol. The molecule has 3 rings (SSSR count). The van der Waals surface area contributed by atoms with Crippen molar-refractivity contribution in [3.63, 3.8) is 0 Å². The van der Waals surface area contributed by atoms with Gasteiger partial charge in [0.25, 0.3) is 0 Å². The third-order valence-electron chi connectivity index (χ3n) is 14.0. The van der Waals surface area contributed by atoms with Crippen LogP contribution in [0.25, 0.3) is 0 Å². The quantitative estimate of drug-likeness (QED) is 0.0375. The molecule has 0 amide bonds. The molecule has 28 nitrogen and oxygen atoms in total. The zero-order chi connectivity index (χ0) is 80.8. The van der Waals surface area contributed by atoms with Gasteiger partial charge < -0.3 is 128 Å². The highest BCUT2D eigenvalue weighted by molar-refractivity contribution is 5.90. The fraction of sp³-hybridized carbons (Fsp3) is 0.768. The van der Waals surface area contributed by atoms with Gasteiger partial charge in [0.1, 0.15) is 64.4 Å². The van der Waals surface area contributed by atoms with Gasteiger partial charge in [-0.3, -0.25) is 0 Å². The highest BCUT2D eigenvalue weighted by Crippen LogP contribution is 2.41. The number of esters is 1. The Hall–Kier alpha value is -5.19. The van der Waals surface area contributed by atoms with Gasteiger partial charge in [0, 0.05) is 6.07 Å². The van der Waals surface area contributed by atoms with E-state index < -0.39 is 5.97 Å². The fourth-order valence-corrected chi connectivity index (χ4v) is 9.07. The van der Waals surface area contributed by atoms with Gasteiger partial charge in [-0.15, -0.1) is 0 Å². The van der Waals surface area contributed by atoms with Gasteiger partial charge in [0.05, 0.1) is 244 Å². The molecule has 0 bridgehead atoms. The van der Waals surface area contributed by atoms with Crippen molar-refractivity contribution in [2.24, 2.45) is 0 Å². The van der Waals surface area contributed by atoms with E-state index in [0.717, 1.165) is 0 Å². The second kappa shape index (κ2) is 56.9. The average molecular weight is 1570 g/mol. The Balaban J connectivity index is 1.98. The zero-order valence-electron chi connectivity index (χ0n) is 70.3. The summed E-state index contributed by atoms with van der Waals surface area (Å²) in [5.74, 6) is 2.00. The van der Waals surface area contributed by atoms with Crippen LogP contribution >= 0.6 is 0 Å². The second-order valence-corrected chi connectivity index (χ2v) is 30.8. The van der Waals surface area contributed by atoms with Crippen LogP contribution in [0.2, 0.25) is 0 Å². The van der Waals surface area contributed by atoms with Crippen LogP contribution in [0.5, 0.6) is 46.0 Å². The first-order valence-electron chi connectivity index (χ1n) is 38.6.